The van der Waals surface area contributed by atoms with Gasteiger partial charge < -0.3 is 14.4 Å². The third-order valence-corrected chi connectivity index (χ3v) is 4.00. The minimum absolute atomic E-state index is 0.158. The molecule has 3 rings (SSSR count). The van der Waals surface area contributed by atoms with E-state index in [0.29, 0.717) is 36.6 Å². The van der Waals surface area contributed by atoms with Gasteiger partial charge in [-0.05, 0) is 29.8 Å². The number of halogens is 1. The normalized spacial score (nSPS) is 17.0. The van der Waals surface area contributed by atoms with Crippen molar-refractivity contribution in [3.05, 3.63) is 65.5 Å². The molecule has 0 aliphatic carbocycles. The number of nitrogens with zero attached hydrogens (tertiary/aromatic N) is 2. The molecule has 2 aromatic rings. The maximum Gasteiger partial charge on any atom is 0.260 e. The van der Waals surface area contributed by atoms with Gasteiger partial charge in [0.1, 0.15) is 23.7 Å². The van der Waals surface area contributed by atoms with Gasteiger partial charge in [0.15, 0.2) is 6.61 Å². The van der Waals surface area contributed by atoms with E-state index in [1.165, 1.54) is 12.1 Å². The number of carbonyl (C=O) groups is 1. The van der Waals surface area contributed by atoms with Crippen LogP contribution in [-0.4, -0.2) is 37.1 Å². The Kier molecular flexibility index (Phi) is 5.26. The highest BCUT2D eigenvalue weighted by Gasteiger charge is 2.26. The zero-order valence-electron chi connectivity index (χ0n) is 13.5. The summed E-state index contributed by atoms with van der Waals surface area (Å²) in [6, 6.07) is 15.0. The Labute approximate surface area is 145 Å². The molecule has 1 fully saturated rings. The summed E-state index contributed by atoms with van der Waals surface area (Å²) in [4.78, 5) is 14.0. The van der Waals surface area contributed by atoms with E-state index in [-0.39, 0.29) is 24.4 Å². The van der Waals surface area contributed by atoms with Crippen molar-refractivity contribution in [3.8, 4) is 11.8 Å². The van der Waals surface area contributed by atoms with Crippen LogP contribution in [0.3, 0.4) is 0 Å². The third-order valence-electron chi connectivity index (χ3n) is 4.00. The zero-order chi connectivity index (χ0) is 17.6. The van der Waals surface area contributed by atoms with Crippen LogP contribution in [0.5, 0.6) is 5.75 Å². The van der Waals surface area contributed by atoms with Crippen molar-refractivity contribution in [2.75, 3.05) is 26.3 Å². The molecule has 0 bridgehead atoms. The van der Waals surface area contributed by atoms with Gasteiger partial charge in [-0.1, -0.05) is 24.3 Å². The molecule has 128 valence electrons. The SMILES string of the molecule is N#Cc1ccccc1OCC(=O)N1CCOC(c2cccc(F)c2)C1. The number of carbonyl (C=O) groups excluding carboxylic acids is 1. The molecule has 0 aromatic heterocycles. The van der Waals surface area contributed by atoms with Crippen LogP contribution in [0.4, 0.5) is 4.39 Å². The molecule has 1 atom stereocenters. The number of rotatable bonds is 4. The van der Waals surface area contributed by atoms with Crippen molar-refractivity contribution in [1.82, 2.24) is 4.90 Å². The van der Waals surface area contributed by atoms with Gasteiger partial charge in [-0.15, -0.1) is 0 Å². The molecule has 5 nitrogen and oxygen atoms in total. The molecule has 1 heterocycles. The number of amides is 1. The number of hydrogen-bond donors (Lipinski definition) is 0. The second-order valence-electron chi connectivity index (χ2n) is 5.65. The summed E-state index contributed by atoms with van der Waals surface area (Å²) in [5.74, 6) is -0.147. The molecular formula is C19H17FN2O3. The Bertz CT molecular complexity index is 803. The van der Waals surface area contributed by atoms with E-state index in [9.17, 15) is 9.18 Å². The molecule has 0 spiro atoms. The number of benzene rings is 2. The van der Waals surface area contributed by atoms with Gasteiger partial charge in [-0.25, -0.2) is 4.39 Å². The van der Waals surface area contributed by atoms with Crippen LogP contribution >= 0.6 is 0 Å². The van der Waals surface area contributed by atoms with Crippen molar-refractivity contribution < 1.29 is 18.7 Å². The minimum Gasteiger partial charge on any atom is -0.482 e. The maximum absolute atomic E-state index is 13.4. The Morgan fingerprint density at radius 3 is 2.96 bits per heavy atom. The molecule has 0 radical (unpaired) electrons. The third kappa shape index (κ3) is 4.14. The highest BCUT2D eigenvalue weighted by atomic mass is 19.1. The molecular weight excluding hydrogens is 323 g/mol. The first-order chi connectivity index (χ1) is 12.2. The summed E-state index contributed by atoms with van der Waals surface area (Å²) < 4.78 is 24.5. The standard InChI is InChI=1S/C19H17FN2O3/c20-16-6-3-5-14(10-16)18-12-22(8-9-24-18)19(23)13-25-17-7-2-1-4-15(17)11-21/h1-7,10,18H,8-9,12-13H2. The van der Waals surface area contributed by atoms with Crippen LogP contribution in [-0.2, 0) is 9.53 Å². The Morgan fingerprint density at radius 2 is 2.16 bits per heavy atom. The van der Waals surface area contributed by atoms with Crippen molar-refractivity contribution in [2.45, 2.75) is 6.10 Å². The lowest BCUT2D eigenvalue weighted by Gasteiger charge is -2.33. The van der Waals surface area contributed by atoms with E-state index in [1.54, 1.807) is 41.3 Å². The largest absolute Gasteiger partial charge is 0.482 e. The second-order valence-corrected chi connectivity index (χ2v) is 5.65. The van der Waals surface area contributed by atoms with Crippen LogP contribution < -0.4 is 4.74 Å². The molecule has 1 saturated heterocycles. The molecule has 2 aromatic carbocycles. The van der Waals surface area contributed by atoms with E-state index < -0.39 is 0 Å². The molecule has 1 amide bonds. The van der Waals surface area contributed by atoms with E-state index in [0.717, 1.165) is 0 Å². The Hall–Kier alpha value is -2.91. The van der Waals surface area contributed by atoms with Crippen LogP contribution in [0.2, 0.25) is 0 Å². The van der Waals surface area contributed by atoms with E-state index >= 15 is 0 Å². The summed E-state index contributed by atoms with van der Waals surface area (Å²) in [6.07, 6.45) is -0.361. The summed E-state index contributed by atoms with van der Waals surface area (Å²) >= 11 is 0. The number of nitriles is 1. The van der Waals surface area contributed by atoms with Crippen LogP contribution in [0.15, 0.2) is 48.5 Å². The van der Waals surface area contributed by atoms with Gasteiger partial charge in [0.2, 0.25) is 0 Å². The lowest BCUT2D eigenvalue weighted by Crippen LogP contribution is -2.44. The summed E-state index contributed by atoms with van der Waals surface area (Å²) in [6.45, 7) is 1.01. The van der Waals surface area contributed by atoms with E-state index in [4.69, 9.17) is 14.7 Å². The molecule has 0 saturated carbocycles. The van der Waals surface area contributed by atoms with Crippen molar-refractivity contribution in [3.63, 3.8) is 0 Å². The summed E-state index contributed by atoms with van der Waals surface area (Å²) in [5, 5.41) is 9.04. The summed E-state index contributed by atoms with van der Waals surface area (Å²) in [7, 11) is 0. The van der Waals surface area contributed by atoms with Gasteiger partial charge in [0.05, 0.1) is 18.7 Å². The smallest absolute Gasteiger partial charge is 0.260 e. The van der Waals surface area contributed by atoms with E-state index in [2.05, 4.69) is 0 Å². The predicted octanol–water partition coefficient (Wildman–Crippen LogP) is 2.68. The van der Waals surface area contributed by atoms with Gasteiger partial charge >= 0.3 is 0 Å². The predicted molar refractivity (Wildman–Crippen MR) is 88.3 cm³/mol. The fourth-order valence-electron chi connectivity index (χ4n) is 2.70. The highest BCUT2D eigenvalue weighted by Crippen LogP contribution is 2.23. The summed E-state index contributed by atoms with van der Waals surface area (Å²) in [5.41, 5.74) is 1.09. The zero-order valence-corrected chi connectivity index (χ0v) is 13.5. The Balaban J connectivity index is 1.61. The van der Waals surface area contributed by atoms with Gasteiger partial charge in [-0.3, -0.25) is 4.79 Å². The molecule has 0 N–H and O–H groups in total. The second kappa shape index (κ2) is 7.77. The molecule has 25 heavy (non-hydrogen) atoms. The number of morpholine rings is 1. The van der Waals surface area contributed by atoms with Crippen LogP contribution in [0.1, 0.15) is 17.2 Å². The number of hydrogen-bond acceptors (Lipinski definition) is 4. The van der Waals surface area contributed by atoms with Crippen LogP contribution in [0, 0.1) is 17.1 Å². The fourth-order valence-corrected chi connectivity index (χ4v) is 2.70. The topological polar surface area (TPSA) is 62.6 Å². The number of ether oxygens (including phenoxy) is 2. The first kappa shape index (κ1) is 16.9. The molecule has 1 aliphatic rings. The first-order valence-electron chi connectivity index (χ1n) is 7.94. The first-order valence-corrected chi connectivity index (χ1v) is 7.94. The number of para-hydroxylation sites is 1. The lowest BCUT2D eigenvalue weighted by atomic mass is 10.1. The minimum atomic E-state index is -0.361. The van der Waals surface area contributed by atoms with Gasteiger partial charge in [-0.2, -0.15) is 5.26 Å². The van der Waals surface area contributed by atoms with Crippen LogP contribution in [0.25, 0.3) is 0 Å². The molecule has 1 aliphatic heterocycles. The van der Waals surface area contributed by atoms with Crippen molar-refractivity contribution in [1.29, 1.82) is 5.26 Å². The van der Waals surface area contributed by atoms with Gasteiger partial charge in [0, 0.05) is 6.54 Å². The average Bonchev–Trinajstić information content (AvgIpc) is 2.66. The van der Waals surface area contributed by atoms with Gasteiger partial charge in [0.25, 0.3) is 5.91 Å². The Morgan fingerprint density at radius 1 is 1.32 bits per heavy atom. The quantitative estimate of drug-likeness (QED) is 0.858. The molecule has 6 heteroatoms. The highest BCUT2D eigenvalue weighted by molar-refractivity contribution is 5.78. The van der Waals surface area contributed by atoms with E-state index in [1.807, 2.05) is 6.07 Å². The lowest BCUT2D eigenvalue weighted by molar-refractivity contribution is -0.141. The van der Waals surface area contributed by atoms with Crippen molar-refractivity contribution >= 4 is 5.91 Å². The molecule has 1 unspecified atom stereocenters. The monoisotopic (exact) mass is 340 g/mol. The van der Waals surface area contributed by atoms with Crippen molar-refractivity contribution in [2.24, 2.45) is 0 Å². The fraction of sp³-hybridized carbons (Fsp3) is 0.263. The maximum atomic E-state index is 13.4. The average molecular weight is 340 g/mol.